The molecule has 1 heterocycles. The number of carbonyl (C=O) groups is 1. The molecule has 1 amide bonds. The minimum Gasteiger partial charge on any atom is -0.507 e. The number of phenols is 1. The van der Waals surface area contributed by atoms with E-state index >= 15 is 0 Å². The van der Waals surface area contributed by atoms with Crippen LogP contribution in [0.25, 0.3) is 0 Å². The molecule has 0 aliphatic carbocycles. The Morgan fingerprint density at radius 2 is 1.85 bits per heavy atom. The molecule has 1 aliphatic heterocycles. The van der Waals surface area contributed by atoms with Crippen molar-refractivity contribution in [3.63, 3.8) is 0 Å². The van der Waals surface area contributed by atoms with Gasteiger partial charge in [-0.3, -0.25) is 4.79 Å². The Kier molecular flexibility index (Phi) is 3.18. The number of benzene rings is 2. The van der Waals surface area contributed by atoms with Gasteiger partial charge in [-0.25, -0.2) is 0 Å². The number of fused-ring (bicyclic) bond motifs is 1. The zero-order chi connectivity index (χ0) is 14.1. The Labute approximate surface area is 118 Å². The van der Waals surface area contributed by atoms with Gasteiger partial charge >= 0.3 is 0 Å². The van der Waals surface area contributed by atoms with Crippen LogP contribution in [0.3, 0.4) is 0 Å². The van der Waals surface area contributed by atoms with E-state index in [9.17, 15) is 9.90 Å². The molecule has 1 N–H and O–H groups in total. The Hall–Kier alpha value is -2.29. The third-order valence-corrected chi connectivity index (χ3v) is 3.72. The normalized spacial score (nSPS) is 17.6. The Balaban J connectivity index is 2.02. The lowest BCUT2D eigenvalue weighted by Gasteiger charge is -2.33. The summed E-state index contributed by atoms with van der Waals surface area (Å²) >= 11 is 0. The van der Waals surface area contributed by atoms with Crippen molar-refractivity contribution in [2.75, 3.05) is 11.4 Å². The number of hydrogen-bond acceptors (Lipinski definition) is 2. The average Bonchev–Trinajstić information content (AvgIpc) is 2.46. The number of hydrogen-bond donors (Lipinski definition) is 1. The highest BCUT2D eigenvalue weighted by Gasteiger charge is 2.27. The molecule has 0 radical (unpaired) electrons. The van der Waals surface area contributed by atoms with Crippen molar-refractivity contribution >= 4 is 11.6 Å². The first-order valence-electron chi connectivity index (χ1n) is 6.84. The number of anilines is 1. The molecule has 0 saturated heterocycles. The fourth-order valence-corrected chi connectivity index (χ4v) is 2.79. The molecule has 3 heteroatoms. The van der Waals surface area contributed by atoms with Crippen LogP contribution < -0.4 is 4.90 Å². The number of nitrogens with zero attached hydrogens (tertiary/aromatic N) is 1. The van der Waals surface area contributed by atoms with Crippen molar-refractivity contribution < 1.29 is 9.90 Å². The van der Waals surface area contributed by atoms with Gasteiger partial charge in [-0.1, -0.05) is 37.3 Å². The molecule has 0 saturated carbocycles. The van der Waals surface area contributed by atoms with Gasteiger partial charge in [0.25, 0.3) is 5.91 Å². The molecule has 2 aromatic carbocycles. The second-order valence-electron chi connectivity index (χ2n) is 5.37. The van der Waals surface area contributed by atoms with Crippen molar-refractivity contribution in [3.8, 4) is 5.75 Å². The Bertz CT molecular complexity index is 651. The van der Waals surface area contributed by atoms with Gasteiger partial charge in [0, 0.05) is 12.2 Å². The summed E-state index contributed by atoms with van der Waals surface area (Å²) in [5, 5.41) is 9.88. The highest BCUT2D eigenvalue weighted by atomic mass is 16.3. The van der Waals surface area contributed by atoms with Crippen LogP contribution in [0, 0.1) is 5.92 Å². The van der Waals surface area contributed by atoms with Crippen LogP contribution >= 0.6 is 0 Å². The van der Waals surface area contributed by atoms with Gasteiger partial charge in [0.2, 0.25) is 0 Å². The predicted octanol–water partition coefficient (Wildman–Crippen LogP) is 3.23. The zero-order valence-corrected chi connectivity index (χ0v) is 11.4. The highest BCUT2D eigenvalue weighted by Crippen LogP contribution is 2.31. The van der Waals surface area contributed by atoms with Crippen molar-refractivity contribution in [2.45, 2.75) is 13.3 Å². The van der Waals surface area contributed by atoms with E-state index in [0.717, 1.165) is 12.1 Å². The number of rotatable bonds is 1. The van der Waals surface area contributed by atoms with Gasteiger partial charge in [-0.05, 0) is 36.1 Å². The molecule has 1 atom stereocenters. The highest BCUT2D eigenvalue weighted by molar-refractivity contribution is 6.08. The van der Waals surface area contributed by atoms with Crippen molar-refractivity contribution in [3.05, 3.63) is 59.7 Å². The molecule has 3 rings (SSSR count). The largest absolute Gasteiger partial charge is 0.507 e. The molecule has 0 aromatic heterocycles. The van der Waals surface area contributed by atoms with Gasteiger partial charge in [0.1, 0.15) is 5.75 Å². The molecule has 0 bridgehead atoms. The van der Waals surface area contributed by atoms with E-state index in [-0.39, 0.29) is 11.7 Å². The summed E-state index contributed by atoms with van der Waals surface area (Å²) in [5.41, 5.74) is 2.50. The predicted molar refractivity (Wildman–Crippen MR) is 79.1 cm³/mol. The molecule has 0 spiro atoms. The summed E-state index contributed by atoms with van der Waals surface area (Å²) in [7, 11) is 0. The van der Waals surface area contributed by atoms with E-state index in [0.29, 0.717) is 18.0 Å². The maximum Gasteiger partial charge on any atom is 0.262 e. The molecular weight excluding hydrogens is 250 g/mol. The third-order valence-electron chi connectivity index (χ3n) is 3.72. The standard InChI is InChI=1S/C17H17NO2/c1-12-10-13-6-2-4-8-15(13)18(11-12)17(20)14-7-3-5-9-16(14)19/h2-9,12,19H,10-11H2,1H3. The Morgan fingerprint density at radius 3 is 2.65 bits per heavy atom. The second kappa shape index (κ2) is 5.00. The smallest absolute Gasteiger partial charge is 0.262 e. The summed E-state index contributed by atoms with van der Waals surface area (Å²) in [6, 6.07) is 14.7. The first-order valence-corrected chi connectivity index (χ1v) is 6.84. The monoisotopic (exact) mass is 267 g/mol. The lowest BCUT2D eigenvalue weighted by molar-refractivity contribution is 0.0978. The van der Waals surface area contributed by atoms with Gasteiger partial charge in [-0.2, -0.15) is 0 Å². The van der Waals surface area contributed by atoms with Crippen molar-refractivity contribution in [2.24, 2.45) is 5.92 Å². The first kappa shape index (κ1) is 12.7. The number of aromatic hydroxyl groups is 1. The lowest BCUT2D eigenvalue weighted by Crippen LogP contribution is -2.39. The van der Waals surface area contributed by atoms with Gasteiger partial charge < -0.3 is 10.0 Å². The summed E-state index contributed by atoms with van der Waals surface area (Å²) < 4.78 is 0. The van der Waals surface area contributed by atoms with Crippen LogP contribution in [0.2, 0.25) is 0 Å². The van der Waals surface area contributed by atoms with Crippen LogP contribution in [-0.4, -0.2) is 17.6 Å². The van der Waals surface area contributed by atoms with Crippen molar-refractivity contribution in [1.82, 2.24) is 0 Å². The van der Waals surface area contributed by atoms with Gasteiger partial charge in [0.15, 0.2) is 0 Å². The molecule has 2 aromatic rings. The van der Waals surface area contributed by atoms with Crippen LogP contribution in [-0.2, 0) is 6.42 Å². The fraction of sp³-hybridized carbons (Fsp3) is 0.235. The number of amides is 1. The quantitative estimate of drug-likeness (QED) is 0.861. The maximum atomic E-state index is 12.7. The molecule has 20 heavy (non-hydrogen) atoms. The third kappa shape index (κ3) is 2.16. The number of para-hydroxylation sites is 2. The average molecular weight is 267 g/mol. The van der Waals surface area contributed by atoms with Crippen molar-refractivity contribution in [1.29, 1.82) is 0 Å². The number of carbonyl (C=O) groups excluding carboxylic acids is 1. The molecule has 0 fully saturated rings. The lowest BCUT2D eigenvalue weighted by atomic mass is 9.93. The molecule has 1 unspecified atom stereocenters. The molecule has 3 nitrogen and oxygen atoms in total. The van der Waals surface area contributed by atoms with E-state index in [1.165, 1.54) is 5.56 Å². The molecule has 1 aliphatic rings. The van der Waals surface area contributed by atoms with E-state index in [2.05, 4.69) is 13.0 Å². The van der Waals surface area contributed by atoms with Crippen LogP contribution in [0.15, 0.2) is 48.5 Å². The minimum absolute atomic E-state index is 0.0354. The van der Waals surface area contributed by atoms with Crippen LogP contribution in [0.5, 0.6) is 5.75 Å². The SMILES string of the molecule is CC1Cc2ccccc2N(C(=O)c2ccccc2O)C1. The van der Waals surface area contributed by atoms with Crippen LogP contribution in [0.4, 0.5) is 5.69 Å². The minimum atomic E-state index is -0.137. The van der Waals surface area contributed by atoms with Gasteiger partial charge in [0.05, 0.1) is 5.56 Å². The summed E-state index contributed by atoms with van der Waals surface area (Å²) in [6.45, 7) is 2.82. The summed E-state index contributed by atoms with van der Waals surface area (Å²) in [5.74, 6) is 0.315. The fourth-order valence-electron chi connectivity index (χ4n) is 2.79. The zero-order valence-electron chi connectivity index (χ0n) is 11.4. The summed E-state index contributed by atoms with van der Waals surface area (Å²) in [4.78, 5) is 14.5. The van der Waals surface area contributed by atoms with E-state index in [4.69, 9.17) is 0 Å². The second-order valence-corrected chi connectivity index (χ2v) is 5.37. The molecule has 102 valence electrons. The van der Waals surface area contributed by atoms with Gasteiger partial charge in [-0.15, -0.1) is 0 Å². The molecular formula is C17H17NO2. The Morgan fingerprint density at radius 1 is 1.15 bits per heavy atom. The maximum absolute atomic E-state index is 12.7. The summed E-state index contributed by atoms with van der Waals surface area (Å²) in [6.07, 6.45) is 0.987. The topological polar surface area (TPSA) is 40.5 Å². The van der Waals surface area contributed by atoms with E-state index < -0.39 is 0 Å². The van der Waals surface area contributed by atoms with E-state index in [1.54, 1.807) is 29.2 Å². The van der Waals surface area contributed by atoms with Crippen LogP contribution in [0.1, 0.15) is 22.8 Å². The first-order chi connectivity index (χ1) is 9.66. The number of phenolic OH excluding ortho intramolecular Hbond substituents is 1. The van der Waals surface area contributed by atoms with E-state index in [1.807, 2.05) is 18.2 Å².